The van der Waals surface area contributed by atoms with Crippen molar-refractivity contribution in [3.8, 4) is 0 Å². The Morgan fingerprint density at radius 1 is 0.122 bits per heavy atom. The number of ether oxygens (including phenoxy) is 30. The van der Waals surface area contributed by atoms with Crippen molar-refractivity contribution in [1.29, 1.82) is 0 Å². The largest absolute Gasteiger partial charge is 0.394 e. The van der Waals surface area contributed by atoms with Gasteiger partial charge in [0.2, 0.25) is 0 Å². The predicted molar refractivity (Wildman–Crippen MR) is 435 cm³/mol. The zero-order valence-corrected chi connectivity index (χ0v) is 71.9. The van der Waals surface area contributed by atoms with Gasteiger partial charge >= 0.3 is 0 Å². The molecule has 0 fully saturated rings. The zero-order valence-electron chi connectivity index (χ0n) is 71.9. The number of hydrogen-bond donors (Lipinski definition) is 2. The summed E-state index contributed by atoms with van der Waals surface area (Å²) in [7, 11) is 0. The third-order valence-corrected chi connectivity index (χ3v) is 16.3. The van der Waals surface area contributed by atoms with E-state index in [-0.39, 0.29) is 13.2 Å². The maximum absolute atomic E-state index is 8.64. The van der Waals surface area contributed by atoms with Gasteiger partial charge < -0.3 is 152 Å². The lowest BCUT2D eigenvalue weighted by Crippen LogP contribution is -2.32. The van der Waals surface area contributed by atoms with Gasteiger partial charge in [-0.15, -0.1) is 0 Å². The van der Waals surface area contributed by atoms with E-state index < -0.39 is 0 Å². The summed E-state index contributed by atoms with van der Waals surface area (Å²) >= 11 is 0. The first-order chi connectivity index (χ1) is 57.3. The van der Waals surface area contributed by atoms with E-state index in [9.17, 15) is 0 Å². The van der Waals surface area contributed by atoms with Crippen molar-refractivity contribution in [1.82, 2.24) is 4.90 Å². The Balaban J connectivity index is 3.75. The van der Waals surface area contributed by atoms with Crippen LogP contribution in [0.25, 0.3) is 0 Å². The SMILES string of the molecule is CCCCCCCCCCCCCCCCCCN(CCOCCOCCOCCOCCOCCOCCOCCOCCOCCOCCOCCOCCOCCOCCOCCO)CCOCCOCCOCCOCCOCCOCCOCCOCCOCCOCCOCCOCCOCCOCCOCCO. The first-order valence-corrected chi connectivity index (χ1v) is 43.6. The number of rotatable bonds is 111. The second-order valence-electron chi connectivity index (χ2n) is 26.0. The van der Waals surface area contributed by atoms with Crippen LogP contribution in [0.3, 0.4) is 0 Å². The van der Waals surface area contributed by atoms with E-state index in [2.05, 4.69) is 11.8 Å². The molecule has 0 aliphatic carbocycles. The molecule has 33 nitrogen and oxygen atoms in total. The van der Waals surface area contributed by atoms with Gasteiger partial charge in [-0.05, 0) is 13.0 Å². The molecular formula is C82H167NO32. The van der Waals surface area contributed by atoms with E-state index in [0.717, 1.165) is 19.6 Å². The molecule has 0 spiro atoms. The van der Waals surface area contributed by atoms with Gasteiger partial charge in [0.05, 0.1) is 410 Å². The van der Waals surface area contributed by atoms with Crippen molar-refractivity contribution in [2.75, 3.05) is 429 Å². The molecule has 0 aromatic rings. The highest BCUT2D eigenvalue weighted by atomic mass is 16.6. The Kier molecular flexibility index (Phi) is 109. The summed E-state index contributed by atoms with van der Waals surface area (Å²) in [5.41, 5.74) is 0. The molecule has 0 unspecified atom stereocenters. The van der Waals surface area contributed by atoms with Gasteiger partial charge in [0.15, 0.2) is 0 Å². The Morgan fingerprint density at radius 3 is 0.348 bits per heavy atom. The normalized spacial score (nSPS) is 11.9. The molecule has 0 aromatic carbocycles. The van der Waals surface area contributed by atoms with Gasteiger partial charge in [-0.3, -0.25) is 4.90 Å². The van der Waals surface area contributed by atoms with Crippen LogP contribution >= 0.6 is 0 Å². The maximum atomic E-state index is 8.64. The molecule has 0 saturated carbocycles. The molecular weight excluding hydrogens is 1510 g/mol. The number of aliphatic hydroxyl groups excluding tert-OH is 2. The van der Waals surface area contributed by atoms with Crippen molar-refractivity contribution in [3.63, 3.8) is 0 Å². The standard InChI is InChI=1S/C82H167NO32/c1-2-3-4-5-6-7-8-9-10-11-12-13-14-15-16-17-18-83(19-23-86-27-31-90-35-39-94-43-47-98-51-55-102-59-63-106-67-71-110-75-79-114-81-77-112-73-69-108-65-61-104-57-53-100-49-45-96-41-37-92-33-29-88-25-21-84)20-24-87-28-32-91-36-40-95-44-48-99-52-56-103-60-64-107-68-72-111-76-80-115-82-78-113-74-70-109-66-62-105-58-54-101-50-46-97-42-38-93-34-30-89-26-22-85/h84-85H,2-82H2,1H3. The molecule has 0 heterocycles. The Morgan fingerprint density at radius 2 is 0.226 bits per heavy atom. The molecule has 0 amide bonds. The summed E-state index contributed by atoms with van der Waals surface area (Å²) in [6.45, 7) is 34.5. The molecule has 0 aliphatic heterocycles. The highest BCUT2D eigenvalue weighted by Gasteiger charge is 2.08. The van der Waals surface area contributed by atoms with Crippen molar-refractivity contribution in [2.45, 2.75) is 110 Å². The van der Waals surface area contributed by atoms with Gasteiger partial charge in [-0.2, -0.15) is 0 Å². The minimum atomic E-state index is 0.0166. The van der Waals surface area contributed by atoms with Crippen molar-refractivity contribution >= 4 is 0 Å². The smallest absolute Gasteiger partial charge is 0.0701 e. The topological polar surface area (TPSA) is 321 Å². The van der Waals surface area contributed by atoms with E-state index in [1.54, 1.807) is 0 Å². The molecule has 0 aromatic heterocycles. The monoisotopic (exact) mass is 1680 g/mol. The quantitative estimate of drug-likeness (QED) is 0.0656. The van der Waals surface area contributed by atoms with Crippen LogP contribution in [0, 0.1) is 0 Å². The minimum Gasteiger partial charge on any atom is -0.394 e. The average molecular weight is 1680 g/mol. The van der Waals surface area contributed by atoms with Crippen LogP contribution in [0.4, 0.5) is 0 Å². The van der Waals surface area contributed by atoms with Crippen molar-refractivity contribution in [3.05, 3.63) is 0 Å². The van der Waals surface area contributed by atoms with Crippen LogP contribution < -0.4 is 0 Å². The molecule has 0 radical (unpaired) electrons. The van der Waals surface area contributed by atoms with E-state index in [0.29, 0.717) is 396 Å². The Hall–Kier alpha value is -1.32. The molecule has 115 heavy (non-hydrogen) atoms. The predicted octanol–water partition coefficient (Wildman–Crippen LogP) is 6.03. The van der Waals surface area contributed by atoms with E-state index in [4.69, 9.17) is 152 Å². The zero-order chi connectivity index (χ0) is 82.1. The fraction of sp³-hybridized carbons (Fsp3) is 1.00. The second-order valence-corrected chi connectivity index (χ2v) is 26.0. The summed E-state index contributed by atoms with van der Waals surface area (Å²) in [4.78, 5) is 2.46. The van der Waals surface area contributed by atoms with E-state index >= 15 is 0 Å². The summed E-state index contributed by atoms with van der Waals surface area (Å²) in [6.07, 6.45) is 21.8. The summed E-state index contributed by atoms with van der Waals surface area (Å²) < 4.78 is 167. The van der Waals surface area contributed by atoms with Gasteiger partial charge in [0.25, 0.3) is 0 Å². The molecule has 0 aliphatic rings. The molecule has 0 bridgehead atoms. The Labute approximate surface area is 693 Å². The van der Waals surface area contributed by atoms with Crippen LogP contribution in [-0.4, -0.2) is 444 Å². The summed E-state index contributed by atoms with van der Waals surface area (Å²) in [5.74, 6) is 0. The molecule has 33 heteroatoms. The molecule has 692 valence electrons. The summed E-state index contributed by atoms with van der Waals surface area (Å²) in [6, 6.07) is 0. The van der Waals surface area contributed by atoms with E-state index in [1.165, 1.54) is 103 Å². The highest BCUT2D eigenvalue weighted by molar-refractivity contribution is 4.60. The number of hydrogen-bond acceptors (Lipinski definition) is 33. The van der Waals surface area contributed by atoms with Crippen molar-refractivity contribution < 1.29 is 152 Å². The van der Waals surface area contributed by atoms with Gasteiger partial charge in [-0.25, -0.2) is 0 Å². The van der Waals surface area contributed by atoms with Crippen LogP contribution in [0.15, 0.2) is 0 Å². The van der Waals surface area contributed by atoms with Gasteiger partial charge in [0, 0.05) is 13.1 Å². The lowest BCUT2D eigenvalue weighted by Gasteiger charge is -2.22. The van der Waals surface area contributed by atoms with Crippen LogP contribution in [0.2, 0.25) is 0 Å². The first kappa shape index (κ1) is 114. The van der Waals surface area contributed by atoms with Crippen LogP contribution in [-0.2, 0) is 142 Å². The fourth-order valence-corrected chi connectivity index (χ4v) is 10.1. The van der Waals surface area contributed by atoms with Crippen LogP contribution in [0.5, 0.6) is 0 Å². The maximum Gasteiger partial charge on any atom is 0.0701 e. The second kappa shape index (κ2) is 111. The number of unbranched alkanes of at least 4 members (excludes halogenated alkanes) is 15. The molecule has 0 rings (SSSR count). The van der Waals surface area contributed by atoms with Crippen LogP contribution in [0.1, 0.15) is 110 Å². The lowest BCUT2D eigenvalue weighted by atomic mass is 10.0. The minimum absolute atomic E-state index is 0.0166. The van der Waals surface area contributed by atoms with Crippen molar-refractivity contribution in [2.24, 2.45) is 0 Å². The number of aliphatic hydroxyl groups is 2. The van der Waals surface area contributed by atoms with Gasteiger partial charge in [-0.1, -0.05) is 103 Å². The molecule has 2 N–H and O–H groups in total. The Bertz CT molecular complexity index is 1570. The summed E-state index contributed by atoms with van der Waals surface area (Å²) in [5, 5.41) is 17.3. The van der Waals surface area contributed by atoms with Gasteiger partial charge in [0.1, 0.15) is 0 Å². The molecule has 0 saturated heterocycles. The lowest BCUT2D eigenvalue weighted by molar-refractivity contribution is -0.0304. The number of nitrogens with zero attached hydrogens (tertiary/aromatic N) is 1. The third-order valence-electron chi connectivity index (χ3n) is 16.3. The highest BCUT2D eigenvalue weighted by Crippen LogP contribution is 2.14. The average Bonchev–Trinajstić information content (AvgIpc) is 1.04. The third kappa shape index (κ3) is 109. The van der Waals surface area contributed by atoms with E-state index in [1.807, 2.05) is 0 Å². The molecule has 0 atom stereocenters. The first-order valence-electron chi connectivity index (χ1n) is 43.6. The fourth-order valence-electron chi connectivity index (χ4n) is 10.1.